The number of nitrogens with one attached hydrogen (secondary N) is 1. The van der Waals surface area contributed by atoms with Crippen molar-refractivity contribution in [1.82, 2.24) is 15.1 Å². The van der Waals surface area contributed by atoms with Crippen LogP contribution in [-0.4, -0.2) is 85.0 Å². The SMILES string of the molecule is CN[C@@H](CO)C(=O)N1CCC2(CC1)CN(CCOc1ccccc1)C(=O)O2. The number of carbonyl (C=O) groups is 2. The maximum atomic E-state index is 12.3. The van der Waals surface area contributed by atoms with E-state index in [2.05, 4.69) is 5.32 Å². The maximum absolute atomic E-state index is 12.3. The molecule has 0 radical (unpaired) electrons. The quantitative estimate of drug-likeness (QED) is 0.717. The first-order valence-corrected chi connectivity index (χ1v) is 9.29. The van der Waals surface area contributed by atoms with Gasteiger partial charge in [0.05, 0.1) is 19.7 Å². The zero-order chi connectivity index (χ0) is 19.3. The van der Waals surface area contributed by atoms with Crippen LogP contribution in [-0.2, 0) is 9.53 Å². The van der Waals surface area contributed by atoms with E-state index in [-0.39, 0.29) is 18.6 Å². The van der Waals surface area contributed by atoms with Gasteiger partial charge in [-0.1, -0.05) is 18.2 Å². The highest BCUT2D eigenvalue weighted by Gasteiger charge is 2.47. The largest absolute Gasteiger partial charge is 0.492 e. The van der Waals surface area contributed by atoms with Crippen molar-refractivity contribution in [3.05, 3.63) is 30.3 Å². The molecule has 0 unspecified atom stereocenters. The van der Waals surface area contributed by atoms with Crippen molar-refractivity contribution in [3.8, 4) is 5.75 Å². The number of ether oxygens (including phenoxy) is 2. The molecule has 2 N–H and O–H groups in total. The highest BCUT2D eigenvalue weighted by atomic mass is 16.6. The molecule has 148 valence electrons. The predicted octanol–water partition coefficient (Wildman–Crippen LogP) is 0.459. The number of hydrogen-bond acceptors (Lipinski definition) is 6. The van der Waals surface area contributed by atoms with Gasteiger partial charge in [0.15, 0.2) is 0 Å². The number of likely N-dealkylation sites (tertiary alicyclic amines) is 1. The van der Waals surface area contributed by atoms with Crippen LogP contribution in [0.4, 0.5) is 4.79 Å². The average molecular weight is 377 g/mol. The summed E-state index contributed by atoms with van der Waals surface area (Å²) in [6, 6.07) is 8.89. The number of para-hydroxylation sites is 1. The fraction of sp³-hybridized carbons (Fsp3) is 0.579. The fourth-order valence-electron chi connectivity index (χ4n) is 3.56. The Balaban J connectivity index is 1.48. The minimum Gasteiger partial charge on any atom is -0.492 e. The van der Waals surface area contributed by atoms with Crippen LogP contribution in [0, 0.1) is 0 Å². The van der Waals surface area contributed by atoms with Crippen LogP contribution in [0.25, 0.3) is 0 Å². The first-order valence-electron chi connectivity index (χ1n) is 9.29. The Morgan fingerprint density at radius 3 is 2.67 bits per heavy atom. The zero-order valence-corrected chi connectivity index (χ0v) is 15.6. The monoisotopic (exact) mass is 377 g/mol. The molecular weight excluding hydrogens is 350 g/mol. The molecule has 0 saturated carbocycles. The number of carbonyl (C=O) groups excluding carboxylic acids is 2. The molecule has 3 rings (SSSR count). The van der Waals surface area contributed by atoms with Gasteiger partial charge in [-0.2, -0.15) is 0 Å². The second-order valence-electron chi connectivity index (χ2n) is 6.98. The topological polar surface area (TPSA) is 91.3 Å². The number of piperidine rings is 1. The smallest absolute Gasteiger partial charge is 0.410 e. The molecule has 0 aliphatic carbocycles. The van der Waals surface area contributed by atoms with Crippen molar-refractivity contribution in [2.75, 3.05) is 46.4 Å². The van der Waals surface area contributed by atoms with Crippen LogP contribution in [0.15, 0.2) is 30.3 Å². The number of likely N-dealkylation sites (N-methyl/N-ethyl adjacent to an activating group) is 1. The Hall–Kier alpha value is -2.32. The normalized spacial score (nSPS) is 19.9. The molecule has 2 fully saturated rings. The van der Waals surface area contributed by atoms with Gasteiger partial charge < -0.3 is 29.7 Å². The number of rotatable bonds is 7. The lowest BCUT2D eigenvalue weighted by molar-refractivity contribution is -0.137. The number of aliphatic hydroxyl groups excluding tert-OH is 1. The van der Waals surface area contributed by atoms with Gasteiger partial charge >= 0.3 is 6.09 Å². The third kappa shape index (κ3) is 4.51. The van der Waals surface area contributed by atoms with Crippen molar-refractivity contribution in [3.63, 3.8) is 0 Å². The lowest BCUT2D eigenvalue weighted by Crippen LogP contribution is -2.54. The van der Waals surface area contributed by atoms with Gasteiger partial charge in [-0.05, 0) is 19.2 Å². The molecule has 8 nitrogen and oxygen atoms in total. The standard InChI is InChI=1S/C19H27N3O5/c1-20-16(13-23)17(24)21-9-7-19(8-10-21)14-22(18(25)27-19)11-12-26-15-5-3-2-4-6-15/h2-6,16,20,23H,7-14H2,1H3/t16-/m0/s1. The summed E-state index contributed by atoms with van der Waals surface area (Å²) in [5.74, 6) is 0.654. The molecule has 1 aromatic rings. The summed E-state index contributed by atoms with van der Waals surface area (Å²) < 4.78 is 11.3. The lowest BCUT2D eigenvalue weighted by atomic mass is 9.91. The second kappa shape index (κ2) is 8.58. The third-order valence-corrected chi connectivity index (χ3v) is 5.23. The van der Waals surface area contributed by atoms with Gasteiger partial charge in [-0.3, -0.25) is 4.79 Å². The first-order chi connectivity index (χ1) is 13.1. The van der Waals surface area contributed by atoms with Crippen molar-refractivity contribution in [1.29, 1.82) is 0 Å². The van der Waals surface area contributed by atoms with Gasteiger partial charge in [0, 0.05) is 25.9 Å². The summed E-state index contributed by atoms with van der Waals surface area (Å²) in [6.07, 6.45) is 0.875. The molecule has 2 heterocycles. The van der Waals surface area contributed by atoms with Crippen LogP contribution >= 0.6 is 0 Å². The number of hydrogen-bond donors (Lipinski definition) is 2. The molecule has 1 atom stereocenters. The van der Waals surface area contributed by atoms with E-state index < -0.39 is 11.6 Å². The summed E-state index contributed by atoms with van der Waals surface area (Å²) in [5, 5.41) is 12.1. The van der Waals surface area contributed by atoms with Crippen LogP contribution in [0.5, 0.6) is 5.75 Å². The Morgan fingerprint density at radius 2 is 2.04 bits per heavy atom. The summed E-state index contributed by atoms with van der Waals surface area (Å²) in [5.41, 5.74) is -0.533. The number of amides is 2. The van der Waals surface area contributed by atoms with Crippen molar-refractivity contribution in [2.45, 2.75) is 24.5 Å². The average Bonchev–Trinajstić information content (AvgIpc) is 2.99. The number of aliphatic hydroxyl groups is 1. The van der Waals surface area contributed by atoms with E-state index in [9.17, 15) is 14.7 Å². The van der Waals surface area contributed by atoms with E-state index in [1.807, 2.05) is 30.3 Å². The van der Waals surface area contributed by atoms with E-state index in [0.29, 0.717) is 45.6 Å². The zero-order valence-electron chi connectivity index (χ0n) is 15.6. The van der Waals surface area contributed by atoms with Crippen LogP contribution in [0.1, 0.15) is 12.8 Å². The molecule has 0 aromatic heterocycles. The highest BCUT2D eigenvalue weighted by Crippen LogP contribution is 2.33. The predicted molar refractivity (Wildman–Crippen MR) is 98.5 cm³/mol. The maximum Gasteiger partial charge on any atom is 0.410 e. The molecular formula is C19H27N3O5. The molecule has 2 aliphatic heterocycles. The van der Waals surface area contributed by atoms with Gasteiger partial charge in [0.2, 0.25) is 5.91 Å². The molecule has 1 aromatic carbocycles. The Morgan fingerprint density at radius 1 is 1.33 bits per heavy atom. The summed E-state index contributed by atoms with van der Waals surface area (Å²) in [6.45, 7) is 2.17. The first kappa shape index (κ1) is 19.4. The van der Waals surface area contributed by atoms with E-state index >= 15 is 0 Å². The molecule has 8 heteroatoms. The van der Waals surface area contributed by atoms with Crippen LogP contribution < -0.4 is 10.1 Å². The second-order valence-corrected chi connectivity index (χ2v) is 6.98. The minimum atomic E-state index is -0.586. The van der Waals surface area contributed by atoms with Gasteiger partial charge in [0.25, 0.3) is 0 Å². The van der Waals surface area contributed by atoms with Gasteiger partial charge in [0.1, 0.15) is 24.0 Å². The fourth-order valence-corrected chi connectivity index (χ4v) is 3.56. The van der Waals surface area contributed by atoms with Crippen molar-refractivity contribution in [2.24, 2.45) is 0 Å². The Labute approximate surface area is 159 Å². The Kier molecular flexibility index (Phi) is 6.18. The summed E-state index contributed by atoms with van der Waals surface area (Å²) in [7, 11) is 1.65. The van der Waals surface area contributed by atoms with Crippen LogP contribution in [0.2, 0.25) is 0 Å². The van der Waals surface area contributed by atoms with E-state index in [4.69, 9.17) is 9.47 Å². The molecule has 2 amide bonds. The number of nitrogens with zero attached hydrogens (tertiary/aromatic N) is 2. The number of benzene rings is 1. The summed E-state index contributed by atoms with van der Waals surface area (Å²) >= 11 is 0. The highest BCUT2D eigenvalue weighted by molar-refractivity contribution is 5.82. The van der Waals surface area contributed by atoms with Crippen LogP contribution in [0.3, 0.4) is 0 Å². The van der Waals surface area contributed by atoms with Gasteiger partial charge in [-0.15, -0.1) is 0 Å². The summed E-state index contributed by atoms with van der Waals surface area (Å²) in [4.78, 5) is 28.0. The molecule has 1 spiro atoms. The van der Waals surface area contributed by atoms with Gasteiger partial charge in [-0.25, -0.2) is 4.79 Å². The Bertz CT molecular complexity index is 642. The van der Waals surface area contributed by atoms with E-state index in [1.54, 1.807) is 16.8 Å². The molecule has 27 heavy (non-hydrogen) atoms. The lowest BCUT2D eigenvalue weighted by Gasteiger charge is -2.38. The van der Waals surface area contributed by atoms with E-state index in [1.165, 1.54) is 0 Å². The molecule has 2 aliphatic rings. The molecule has 0 bridgehead atoms. The third-order valence-electron chi connectivity index (χ3n) is 5.23. The van der Waals surface area contributed by atoms with E-state index in [0.717, 1.165) is 5.75 Å². The van der Waals surface area contributed by atoms with Crippen molar-refractivity contribution >= 4 is 12.0 Å². The van der Waals surface area contributed by atoms with Crippen molar-refractivity contribution < 1.29 is 24.2 Å². The molecule has 2 saturated heterocycles. The minimum absolute atomic E-state index is 0.118.